The Labute approximate surface area is 78.8 Å². The summed E-state index contributed by atoms with van der Waals surface area (Å²) in [6.45, 7) is 0. The van der Waals surface area contributed by atoms with Crippen LogP contribution in [0.25, 0.3) is 21.9 Å². The molecule has 0 amide bonds. The maximum absolute atomic E-state index is 9.66. The summed E-state index contributed by atoms with van der Waals surface area (Å²) in [4.78, 5) is 7.89. The van der Waals surface area contributed by atoms with E-state index in [0.717, 1.165) is 10.8 Å². The lowest BCUT2D eigenvalue weighted by Gasteiger charge is -1.99. The van der Waals surface area contributed by atoms with E-state index in [1.807, 2.05) is 0 Å². The molecule has 4 nitrogen and oxygen atoms in total. The molecule has 1 aromatic carbocycles. The van der Waals surface area contributed by atoms with Gasteiger partial charge in [0.15, 0.2) is 0 Å². The zero-order valence-corrected chi connectivity index (χ0v) is 7.14. The summed E-state index contributed by atoms with van der Waals surface area (Å²) in [5, 5.41) is 11.2. The fraction of sp³-hybridized carbons (Fsp3) is 0. The Balaban J connectivity index is 2.67. The highest BCUT2D eigenvalue weighted by atomic mass is 16.3. The van der Waals surface area contributed by atoms with Gasteiger partial charge in [0.1, 0.15) is 23.2 Å². The predicted octanol–water partition coefficient (Wildman–Crippen LogP) is 2.08. The first kappa shape index (κ1) is 7.32. The number of nitrogens with zero attached hydrogens (tertiary/aromatic N) is 2. The van der Waals surface area contributed by atoms with Crippen LogP contribution in [0.4, 0.5) is 0 Å². The van der Waals surface area contributed by atoms with E-state index >= 15 is 0 Å². The van der Waals surface area contributed by atoms with Gasteiger partial charge >= 0.3 is 0 Å². The fourth-order valence-corrected chi connectivity index (χ4v) is 1.57. The van der Waals surface area contributed by atoms with Crippen LogP contribution in [-0.4, -0.2) is 15.1 Å². The van der Waals surface area contributed by atoms with Crippen LogP contribution in [0.2, 0.25) is 0 Å². The first-order valence-electron chi connectivity index (χ1n) is 4.15. The molecule has 0 fully saturated rings. The molecule has 0 bridgehead atoms. The summed E-state index contributed by atoms with van der Waals surface area (Å²) in [7, 11) is 0. The predicted molar refractivity (Wildman–Crippen MR) is 51.0 cm³/mol. The van der Waals surface area contributed by atoms with Gasteiger partial charge in [0.05, 0.1) is 11.6 Å². The highest BCUT2D eigenvalue weighted by molar-refractivity contribution is 6.05. The number of aromatic hydroxyl groups is 1. The minimum atomic E-state index is 0.149. The largest absolute Gasteiger partial charge is 0.506 e. The van der Waals surface area contributed by atoms with Crippen molar-refractivity contribution in [3.05, 3.63) is 30.9 Å². The van der Waals surface area contributed by atoms with Crippen LogP contribution in [0.5, 0.6) is 5.75 Å². The average Bonchev–Trinajstić information content (AvgIpc) is 2.66. The number of rotatable bonds is 0. The van der Waals surface area contributed by atoms with Crippen molar-refractivity contribution in [1.29, 1.82) is 0 Å². The van der Waals surface area contributed by atoms with Crippen LogP contribution in [0.3, 0.4) is 0 Å². The monoisotopic (exact) mass is 186 g/mol. The molecule has 4 heteroatoms. The third-order valence-electron chi connectivity index (χ3n) is 2.19. The van der Waals surface area contributed by atoms with E-state index in [0.29, 0.717) is 11.1 Å². The zero-order valence-electron chi connectivity index (χ0n) is 7.14. The maximum atomic E-state index is 9.66. The van der Waals surface area contributed by atoms with Crippen molar-refractivity contribution < 1.29 is 9.52 Å². The first-order valence-corrected chi connectivity index (χ1v) is 4.15. The molecule has 0 saturated carbocycles. The van der Waals surface area contributed by atoms with Crippen LogP contribution < -0.4 is 0 Å². The molecule has 3 rings (SSSR count). The zero-order chi connectivity index (χ0) is 9.54. The summed E-state index contributed by atoms with van der Waals surface area (Å²) in [5.74, 6) is 0.149. The minimum absolute atomic E-state index is 0.149. The standard InChI is InChI=1S/C10H6N2O2/c13-8-3-6-1-2-14-10(6)7-4-11-5-12-9(7)8/h1-5,13H. The van der Waals surface area contributed by atoms with E-state index < -0.39 is 0 Å². The van der Waals surface area contributed by atoms with Gasteiger partial charge in [-0.15, -0.1) is 0 Å². The molecule has 2 aromatic heterocycles. The van der Waals surface area contributed by atoms with Crippen molar-refractivity contribution in [2.75, 3.05) is 0 Å². The molecule has 0 unspecified atom stereocenters. The highest BCUT2D eigenvalue weighted by Crippen LogP contribution is 2.30. The highest BCUT2D eigenvalue weighted by Gasteiger charge is 2.08. The van der Waals surface area contributed by atoms with Gasteiger partial charge in [0, 0.05) is 11.6 Å². The Morgan fingerprint density at radius 2 is 2.29 bits per heavy atom. The molecule has 2 heterocycles. The van der Waals surface area contributed by atoms with E-state index in [1.165, 1.54) is 6.33 Å². The summed E-state index contributed by atoms with van der Waals surface area (Å²) in [5.41, 5.74) is 1.22. The van der Waals surface area contributed by atoms with Crippen molar-refractivity contribution >= 4 is 21.9 Å². The molecule has 0 spiro atoms. The first-order chi connectivity index (χ1) is 6.86. The van der Waals surface area contributed by atoms with Gasteiger partial charge in [0.2, 0.25) is 0 Å². The van der Waals surface area contributed by atoms with Crippen LogP contribution in [0.1, 0.15) is 0 Å². The second kappa shape index (κ2) is 2.45. The second-order valence-corrected chi connectivity index (χ2v) is 3.02. The lowest BCUT2D eigenvalue weighted by Crippen LogP contribution is -1.81. The second-order valence-electron chi connectivity index (χ2n) is 3.02. The molecule has 0 aliphatic rings. The Hall–Kier alpha value is -2.10. The number of aromatic nitrogens is 2. The molecular weight excluding hydrogens is 180 g/mol. The molecule has 3 aromatic rings. The van der Waals surface area contributed by atoms with E-state index in [-0.39, 0.29) is 5.75 Å². The lowest BCUT2D eigenvalue weighted by molar-refractivity contribution is 0.481. The summed E-state index contributed by atoms with van der Waals surface area (Å²) < 4.78 is 5.30. The van der Waals surface area contributed by atoms with E-state index in [1.54, 1.807) is 24.6 Å². The number of hydrogen-bond acceptors (Lipinski definition) is 4. The quantitative estimate of drug-likeness (QED) is 0.584. The van der Waals surface area contributed by atoms with Crippen LogP contribution in [0, 0.1) is 0 Å². The van der Waals surface area contributed by atoms with E-state index in [2.05, 4.69) is 9.97 Å². The number of hydrogen-bond donors (Lipinski definition) is 1. The Kier molecular flexibility index (Phi) is 1.28. The summed E-state index contributed by atoms with van der Waals surface area (Å²) in [6.07, 6.45) is 4.61. The average molecular weight is 186 g/mol. The van der Waals surface area contributed by atoms with Gasteiger partial charge in [-0.3, -0.25) is 0 Å². The minimum Gasteiger partial charge on any atom is -0.506 e. The van der Waals surface area contributed by atoms with Gasteiger partial charge in [-0.1, -0.05) is 0 Å². The van der Waals surface area contributed by atoms with E-state index in [4.69, 9.17) is 4.42 Å². The Morgan fingerprint density at radius 1 is 1.36 bits per heavy atom. The van der Waals surface area contributed by atoms with Crippen molar-refractivity contribution in [1.82, 2.24) is 9.97 Å². The number of phenols is 1. The van der Waals surface area contributed by atoms with Crippen molar-refractivity contribution in [3.63, 3.8) is 0 Å². The normalized spacial score (nSPS) is 11.1. The van der Waals surface area contributed by atoms with Crippen LogP contribution in [-0.2, 0) is 0 Å². The lowest BCUT2D eigenvalue weighted by atomic mass is 10.2. The maximum Gasteiger partial charge on any atom is 0.145 e. The number of furan rings is 1. The van der Waals surface area contributed by atoms with Gasteiger partial charge in [-0.2, -0.15) is 0 Å². The van der Waals surface area contributed by atoms with Crippen molar-refractivity contribution in [2.45, 2.75) is 0 Å². The van der Waals surface area contributed by atoms with E-state index in [9.17, 15) is 5.11 Å². The number of benzene rings is 1. The van der Waals surface area contributed by atoms with Crippen molar-refractivity contribution in [2.24, 2.45) is 0 Å². The number of fused-ring (bicyclic) bond motifs is 3. The molecule has 0 saturated heterocycles. The molecule has 0 aliphatic heterocycles. The third kappa shape index (κ3) is 0.821. The molecule has 68 valence electrons. The SMILES string of the molecule is Oc1cc2ccoc2c2cncnc12. The third-order valence-corrected chi connectivity index (χ3v) is 2.19. The van der Waals surface area contributed by atoms with Gasteiger partial charge in [-0.25, -0.2) is 9.97 Å². The summed E-state index contributed by atoms with van der Waals surface area (Å²) >= 11 is 0. The fourth-order valence-electron chi connectivity index (χ4n) is 1.57. The summed E-state index contributed by atoms with van der Waals surface area (Å²) in [6, 6.07) is 3.43. The molecule has 0 aliphatic carbocycles. The van der Waals surface area contributed by atoms with Crippen LogP contribution in [0.15, 0.2) is 35.3 Å². The molecule has 0 atom stereocenters. The van der Waals surface area contributed by atoms with Gasteiger partial charge in [0.25, 0.3) is 0 Å². The number of phenolic OH excluding ortho intramolecular Hbond substituents is 1. The Bertz CT molecular complexity index is 616. The van der Waals surface area contributed by atoms with Crippen molar-refractivity contribution in [3.8, 4) is 5.75 Å². The molecule has 14 heavy (non-hydrogen) atoms. The van der Waals surface area contributed by atoms with Gasteiger partial charge < -0.3 is 9.52 Å². The molecule has 0 radical (unpaired) electrons. The van der Waals surface area contributed by atoms with Gasteiger partial charge in [-0.05, 0) is 12.1 Å². The topological polar surface area (TPSA) is 59.2 Å². The Morgan fingerprint density at radius 3 is 3.21 bits per heavy atom. The molecule has 1 N–H and O–H groups in total. The smallest absolute Gasteiger partial charge is 0.145 e. The molecular formula is C10H6N2O2. The van der Waals surface area contributed by atoms with Crippen LogP contribution >= 0.6 is 0 Å².